The highest BCUT2D eigenvalue weighted by Gasteiger charge is 2.06. The third kappa shape index (κ3) is 2.07. The number of para-hydroxylation sites is 1. The fourth-order valence-electron chi connectivity index (χ4n) is 2.09. The summed E-state index contributed by atoms with van der Waals surface area (Å²) in [6.45, 7) is 0. The summed E-state index contributed by atoms with van der Waals surface area (Å²) in [5, 5.41) is 3.39. The van der Waals surface area contributed by atoms with Crippen molar-refractivity contribution in [2.45, 2.75) is 0 Å². The minimum Gasteiger partial charge on any atom is -0.201 e. The van der Waals surface area contributed by atoms with Crippen LogP contribution in [0.5, 0.6) is 0 Å². The van der Waals surface area contributed by atoms with Crippen molar-refractivity contribution in [2.75, 3.05) is 0 Å². The van der Waals surface area contributed by atoms with Crippen molar-refractivity contribution < 1.29 is 4.57 Å². The summed E-state index contributed by atoms with van der Waals surface area (Å²) in [5.41, 5.74) is 2.52. The molecule has 0 spiro atoms. The SMILES string of the molecule is C[n+]1ccc(/C=C/c2cccs2)c2ccccc21. The van der Waals surface area contributed by atoms with E-state index >= 15 is 0 Å². The molecule has 0 unspecified atom stereocenters. The van der Waals surface area contributed by atoms with Crippen LogP contribution in [-0.4, -0.2) is 0 Å². The molecule has 0 N–H and O–H groups in total. The zero-order valence-corrected chi connectivity index (χ0v) is 11.0. The largest absolute Gasteiger partial charge is 0.212 e. The van der Waals surface area contributed by atoms with E-state index < -0.39 is 0 Å². The summed E-state index contributed by atoms with van der Waals surface area (Å²) in [6.07, 6.45) is 6.47. The van der Waals surface area contributed by atoms with E-state index in [0.717, 1.165) is 0 Å². The second-order valence-corrected chi connectivity index (χ2v) is 5.23. The lowest BCUT2D eigenvalue weighted by Crippen LogP contribution is -2.28. The summed E-state index contributed by atoms with van der Waals surface area (Å²) >= 11 is 1.76. The molecular weight excluding hydrogens is 238 g/mol. The van der Waals surface area contributed by atoms with Gasteiger partial charge in [-0.25, -0.2) is 4.57 Å². The first-order chi connectivity index (χ1) is 8.84. The highest BCUT2D eigenvalue weighted by Crippen LogP contribution is 2.19. The summed E-state index contributed by atoms with van der Waals surface area (Å²) in [4.78, 5) is 1.28. The molecule has 0 saturated carbocycles. The molecule has 0 radical (unpaired) electrons. The van der Waals surface area contributed by atoms with Gasteiger partial charge in [-0.05, 0) is 29.2 Å². The Balaban J connectivity index is 2.10. The molecule has 1 aromatic carbocycles. The number of benzene rings is 1. The van der Waals surface area contributed by atoms with Gasteiger partial charge >= 0.3 is 0 Å². The van der Waals surface area contributed by atoms with Crippen LogP contribution in [0.25, 0.3) is 23.1 Å². The molecule has 0 amide bonds. The Morgan fingerprint density at radius 2 is 1.89 bits per heavy atom. The standard InChI is InChI=1S/C16H14NS/c1-17-11-10-13(8-9-14-5-4-12-18-14)15-6-2-3-7-16(15)17/h2-12H,1H3/q+1/b9-8+. The molecule has 2 aromatic heterocycles. The molecule has 1 nitrogen and oxygen atoms in total. The number of aryl methyl sites for hydroxylation is 1. The van der Waals surface area contributed by atoms with Gasteiger partial charge in [0.25, 0.3) is 0 Å². The van der Waals surface area contributed by atoms with E-state index in [1.54, 1.807) is 11.3 Å². The van der Waals surface area contributed by atoms with Crippen LogP contribution in [-0.2, 0) is 7.05 Å². The van der Waals surface area contributed by atoms with Gasteiger partial charge in [0.15, 0.2) is 6.20 Å². The fourth-order valence-corrected chi connectivity index (χ4v) is 2.71. The summed E-state index contributed by atoms with van der Waals surface area (Å²) in [5.74, 6) is 0. The number of pyridine rings is 1. The lowest BCUT2D eigenvalue weighted by molar-refractivity contribution is -0.644. The monoisotopic (exact) mass is 252 g/mol. The molecule has 3 rings (SSSR count). The molecule has 2 heteroatoms. The van der Waals surface area contributed by atoms with Gasteiger partial charge in [-0.2, -0.15) is 0 Å². The minimum absolute atomic E-state index is 1.26. The Bertz CT molecular complexity index is 696. The molecule has 2 heterocycles. The van der Waals surface area contributed by atoms with Crippen LogP contribution < -0.4 is 4.57 Å². The third-order valence-corrected chi connectivity index (χ3v) is 3.88. The van der Waals surface area contributed by atoms with Crippen molar-refractivity contribution in [3.63, 3.8) is 0 Å². The van der Waals surface area contributed by atoms with E-state index in [2.05, 4.69) is 77.8 Å². The molecule has 0 aliphatic carbocycles. The van der Waals surface area contributed by atoms with Crippen molar-refractivity contribution >= 4 is 34.4 Å². The Kier molecular flexibility index (Phi) is 2.95. The van der Waals surface area contributed by atoms with Gasteiger partial charge in [0.2, 0.25) is 5.52 Å². The molecule has 0 aliphatic heterocycles. The molecule has 88 valence electrons. The van der Waals surface area contributed by atoms with Crippen molar-refractivity contribution in [1.29, 1.82) is 0 Å². The van der Waals surface area contributed by atoms with E-state index in [4.69, 9.17) is 0 Å². The average molecular weight is 252 g/mol. The van der Waals surface area contributed by atoms with Crippen LogP contribution in [0.4, 0.5) is 0 Å². The minimum atomic E-state index is 1.26. The highest BCUT2D eigenvalue weighted by molar-refractivity contribution is 7.10. The maximum absolute atomic E-state index is 2.19. The van der Waals surface area contributed by atoms with Crippen molar-refractivity contribution in [3.05, 3.63) is 64.5 Å². The van der Waals surface area contributed by atoms with Gasteiger partial charge in [0, 0.05) is 17.0 Å². The van der Waals surface area contributed by atoms with Gasteiger partial charge in [-0.1, -0.05) is 24.3 Å². The Labute approximate surface area is 111 Å². The smallest absolute Gasteiger partial charge is 0.201 e. The third-order valence-electron chi connectivity index (χ3n) is 3.04. The Morgan fingerprint density at radius 3 is 2.72 bits per heavy atom. The van der Waals surface area contributed by atoms with E-state index in [1.807, 2.05) is 0 Å². The van der Waals surface area contributed by atoms with Crippen molar-refractivity contribution in [2.24, 2.45) is 7.05 Å². The maximum Gasteiger partial charge on any atom is 0.212 e. The second-order valence-electron chi connectivity index (χ2n) is 4.25. The predicted octanol–water partition coefficient (Wildman–Crippen LogP) is 3.90. The number of aromatic nitrogens is 1. The van der Waals surface area contributed by atoms with Gasteiger partial charge in [0.1, 0.15) is 7.05 Å². The number of rotatable bonds is 2. The molecule has 3 aromatic rings. The van der Waals surface area contributed by atoms with Gasteiger partial charge in [-0.3, -0.25) is 0 Å². The second kappa shape index (κ2) is 4.75. The van der Waals surface area contributed by atoms with Gasteiger partial charge in [0.05, 0.1) is 5.39 Å². The molecule has 0 bridgehead atoms. The zero-order chi connectivity index (χ0) is 12.4. The summed E-state index contributed by atoms with van der Waals surface area (Å²) < 4.78 is 2.15. The van der Waals surface area contributed by atoms with E-state index in [0.29, 0.717) is 0 Å². The molecular formula is C16H14NS+. The van der Waals surface area contributed by atoms with Gasteiger partial charge in [-0.15, -0.1) is 11.3 Å². The Morgan fingerprint density at radius 1 is 1.00 bits per heavy atom. The zero-order valence-electron chi connectivity index (χ0n) is 10.2. The molecule has 0 saturated heterocycles. The quantitative estimate of drug-likeness (QED) is 0.609. The average Bonchev–Trinajstić information content (AvgIpc) is 2.92. The van der Waals surface area contributed by atoms with Crippen LogP contribution >= 0.6 is 11.3 Å². The lowest BCUT2D eigenvalue weighted by Gasteiger charge is -2.00. The lowest BCUT2D eigenvalue weighted by atomic mass is 10.1. The molecule has 0 fully saturated rings. The molecule has 18 heavy (non-hydrogen) atoms. The van der Waals surface area contributed by atoms with Crippen molar-refractivity contribution in [1.82, 2.24) is 0 Å². The molecule has 0 atom stereocenters. The number of fused-ring (bicyclic) bond motifs is 1. The van der Waals surface area contributed by atoms with Gasteiger partial charge < -0.3 is 0 Å². The first kappa shape index (κ1) is 11.2. The fraction of sp³-hybridized carbons (Fsp3) is 0.0625. The van der Waals surface area contributed by atoms with E-state index in [-0.39, 0.29) is 0 Å². The topological polar surface area (TPSA) is 3.88 Å². The summed E-state index contributed by atoms with van der Waals surface area (Å²) in [7, 11) is 2.08. The molecule has 0 aliphatic rings. The van der Waals surface area contributed by atoms with Crippen LogP contribution in [0.3, 0.4) is 0 Å². The number of thiophene rings is 1. The number of nitrogens with zero attached hydrogens (tertiary/aromatic N) is 1. The first-order valence-corrected chi connectivity index (χ1v) is 6.81. The number of hydrogen-bond acceptors (Lipinski definition) is 1. The predicted molar refractivity (Wildman–Crippen MR) is 78.4 cm³/mol. The number of hydrogen-bond donors (Lipinski definition) is 0. The first-order valence-electron chi connectivity index (χ1n) is 5.93. The van der Waals surface area contributed by atoms with E-state index in [1.165, 1.54) is 21.3 Å². The van der Waals surface area contributed by atoms with Crippen LogP contribution in [0.2, 0.25) is 0 Å². The Hall–Kier alpha value is -1.93. The van der Waals surface area contributed by atoms with E-state index in [9.17, 15) is 0 Å². The maximum atomic E-state index is 2.19. The van der Waals surface area contributed by atoms with Crippen LogP contribution in [0.15, 0.2) is 54.0 Å². The summed E-state index contributed by atoms with van der Waals surface area (Å²) in [6, 6.07) is 14.9. The highest BCUT2D eigenvalue weighted by atomic mass is 32.1. The van der Waals surface area contributed by atoms with Crippen LogP contribution in [0.1, 0.15) is 10.4 Å². The van der Waals surface area contributed by atoms with Crippen molar-refractivity contribution in [3.8, 4) is 0 Å². The normalized spacial score (nSPS) is 11.4. The van der Waals surface area contributed by atoms with Crippen LogP contribution in [0, 0.1) is 0 Å².